The summed E-state index contributed by atoms with van der Waals surface area (Å²) in [6.07, 6.45) is -4.69. The van der Waals surface area contributed by atoms with E-state index in [9.17, 15) is 24.0 Å². The van der Waals surface area contributed by atoms with E-state index in [2.05, 4.69) is 15.2 Å². The van der Waals surface area contributed by atoms with Crippen LogP contribution < -0.4 is 11.2 Å². The van der Waals surface area contributed by atoms with Crippen molar-refractivity contribution in [1.29, 1.82) is 0 Å². The highest BCUT2D eigenvalue weighted by atomic mass is 16.7. The van der Waals surface area contributed by atoms with Gasteiger partial charge < -0.3 is 18.9 Å². The maximum absolute atomic E-state index is 13.6. The first-order chi connectivity index (χ1) is 22.3. The van der Waals surface area contributed by atoms with Crippen molar-refractivity contribution in [1.82, 2.24) is 24.3 Å². The van der Waals surface area contributed by atoms with Gasteiger partial charge >= 0.3 is 23.6 Å². The molecule has 2 aromatic heterocycles. The number of aromatic nitrogens is 5. The molecule has 0 saturated carbocycles. The molecule has 1 saturated heterocycles. The van der Waals surface area contributed by atoms with Crippen molar-refractivity contribution < 1.29 is 33.3 Å². The van der Waals surface area contributed by atoms with E-state index in [-0.39, 0.29) is 27.9 Å². The average molecular weight is 624 g/mol. The van der Waals surface area contributed by atoms with E-state index in [0.717, 1.165) is 15.5 Å². The van der Waals surface area contributed by atoms with Crippen LogP contribution in [0.25, 0.3) is 11.2 Å². The maximum atomic E-state index is 13.6. The lowest BCUT2D eigenvalue weighted by Crippen LogP contribution is -2.45. The molecule has 3 aromatic carbocycles. The smallest absolute Gasteiger partial charge is 0.338 e. The minimum atomic E-state index is -1.54. The Kier molecular flexibility index (Phi) is 8.43. The van der Waals surface area contributed by atoms with Crippen LogP contribution >= 0.6 is 0 Å². The Morgan fingerprint density at radius 2 is 1.28 bits per heavy atom. The quantitative estimate of drug-likeness (QED) is 0.182. The monoisotopic (exact) mass is 623 g/mol. The summed E-state index contributed by atoms with van der Waals surface area (Å²) >= 11 is 0. The zero-order chi connectivity index (χ0) is 32.2. The van der Waals surface area contributed by atoms with Gasteiger partial charge in [0.05, 0.1) is 16.7 Å². The Hall–Kier alpha value is -6.02. The molecule has 14 heteroatoms. The number of fused-ring (bicyclic) bond motifs is 1. The van der Waals surface area contributed by atoms with Crippen molar-refractivity contribution in [3.05, 3.63) is 135 Å². The molecule has 232 valence electrons. The second kappa shape index (κ2) is 12.9. The molecule has 0 unspecified atom stereocenters. The number of carbonyl (C=O) groups is 3. The zero-order valence-electron chi connectivity index (χ0n) is 24.2. The minimum Gasteiger partial charge on any atom is -0.459 e. The van der Waals surface area contributed by atoms with Crippen LogP contribution in [0.15, 0.2) is 107 Å². The van der Waals surface area contributed by atoms with Crippen LogP contribution in [0.1, 0.15) is 37.3 Å². The molecule has 4 atom stereocenters. The Balaban J connectivity index is 1.45. The second-order valence-electron chi connectivity index (χ2n) is 10.2. The van der Waals surface area contributed by atoms with E-state index < -0.39 is 60.3 Å². The lowest BCUT2D eigenvalue weighted by molar-refractivity contribution is -0.0627. The fourth-order valence-electron chi connectivity index (χ4n) is 4.97. The third-order valence-corrected chi connectivity index (χ3v) is 7.26. The van der Waals surface area contributed by atoms with Gasteiger partial charge in [-0.25, -0.2) is 28.7 Å². The van der Waals surface area contributed by atoms with Crippen molar-refractivity contribution in [3.63, 3.8) is 0 Å². The standard InChI is InChI=1S/C32H25N5O9/c1-36-27(38)23-26(35-34-18-33-23)37(32(36)42)28-25(46-31(41)21-15-9-4-10-16-21)24(45-30(40)20-13-7-3-8-14-20)22(44-28)17-43-29(39)19-11-5-2-6-12-19/h2-16,18,22,24-25,28H,17H2,1H3/t22-,24-,25-,28-/m1/s1. The number of rotatable bonds is 8. The van der Waals surface area contributed by atoms with E-state index in [4.69, 9.17) is 18.9 Å². The van der Waals surface area contributed by atoms with Gasteiger partial charge in [0.15, 0.2) is 29.6 Å². The summed E-state index contributed by atoms with van der Waals surface area (Å²) in [7, 11) is 1.23. The fraction of sp³-hybridized carbons (Fsp3) is 0.188. The predicted octanol–water partition coefficient (Wildman–Crippen LogP) is 2.09. The Morgan fingerprint density at radius 1 is 0.761 bits per heavy atom. The zero-order valence-corrected chi connectivity index (χ0v) is 24.2. The number of esters is 3. The lowest BCUT2D eigenvalue weighted by atomic mass is 10.1. The number of ether oxygens (including phenoxy) is 4. The van der Waals surface area contributed by atoms with Gasteiger partial charge in [0.1, 0.15) is 19.0 Å². The molecule has 0 amide bonds. The molecular formula is C32H25N5O9. The molecule has 0 spiro atoms. The Bertz CT molecular complexity index is 2020. The third-order valence-electron chi connectivity index (χ3n) is 7.26. The highest BCUT2D eigenvalue weighted by molar-refractivity contribution is 5.91. The van der Waals surface area contributed by atoms with Gasteiger partial charge in [-0.1, -0.05) is 54.6 Å². The molecule has 0 bridgehead atoms. The Morgan fingerprint density at radius 3 is 1.85 bits per heavy atom. The normalized spacial score (nSPS) is 19.0. The van der Waals surface area contributed by atoms with Crippen LogP contribution in [0.3, 0.4) is 0 Å². The molecule has 1 aliphatic rings. The second-order valence-corrected chi connectivity index (χ2v) is 10.2. The van der Waals surface area contributed by atoms with Gasteiger partial charge in [0, 0.05) is 7.05 Å². The van der Waals surface area contributed by atoms with Crippen molar-refractivity contribution in [2.45, 2.75) is 24.5 Å². The molecule has 3 heterocycles. The molecule has 0 aliphatic carbocycles. The predicted molar refractivity (Wildman–Crippen MR) is 159 cm³/mol. The number of nitrogens with zero attached hydrogens (tertiary/aromatic N) is 5. The first-order valence-electron chi connectivity index (χ1n) is 14.0. The van der Waals surface area contributed by atoms with E-state index in [1.54, 1.807) is 66.7 Å². The highest BCUT2D eigenvalue weighted by Crippen LogP contribution is 2.35. The van der Waals surface area contributed by atoms with Crippen molar-refractivity contribution >= 4 is 29.1 Å². The summed E-state index contributed by atoms with van der Waals surface area (Å²) < 4.78 is 25.3. The first-order valence-corrected chi connectivity index (χ1v) is 14.0. The number of carbonyl (C=O) groups excluding carboxylic acids is 3. The van der Waals surface area contributed by atoms with Gasteiger partial charge in [0.2, 0.25) is 0 Å². The molecule has 1 fully saturated rings. The van der Waals surface area contributed by atoms with E-state index >= 15 is 0 Å². The van der Waals surface area contributed by atoms with Crippen molar-refractivity contribution in [2.24, 2.45) is 7.05 Å². The average Bonchev–Trinajstić information content (AvgIpc) is 3.42. The number of benzene rings is 3. The van der Waals surface area contributed by atoms with Crippen LogP contribution in [0.5, 0.6) is 0 Å². The molecule has 0 radical (unpaired) electrons. The molecule has 0 N–H and O–H groups in total. The van der Waals surface area contributed by atoms with Gasteiger partial charge in [-0.05, 0) is 36.4 Å². The van der Waals surface area contributed by atoms with E-state index in [0.29, 0.717) is 0 Å². The number of hydrogen-bond donors (Lipinski definition) is 0. The molecular weight excluding hydrogens is 598 g/mol. The third kappa shape index (κ3) is 5.88. The number of hydrogen-bond acceptors (Lipinski definition) is 12. The Labute approximate surface area is 259 Å². The molecule has 46 heavy (non-hydrogen) atoms. The van der Waals surface area contributed by atoms with Gasteiger partial charge in [0.25, 0.3) is 5.56 Å². The summed E-state index contributed by atoms with van der Waals surface area (Å²) in [5.74, 6) is -2.32. The van der Waals surface area contributed by atoms with Crippen LogP contribution in [-0.2, 0) is 26.0 Å². The van der Waals surface area contributed by atoms with Gasteiger partial charge in [-0.2, -0.15) is 0 Å². The SMILES string of the molecule is Cn1c(=O)c2ncnnc2n([C@@H]2O[C@H](COC(=O)c3ccccc3)[C@@H](OC(=O)c3ccccc3)[C@H]2OC(=O)c2ccccc2)c1=O. The van der Waals surface area contributed by atoms with Crippen molar-refractivity contribution in [2.75, 3.05) is 6.61 Å². The van der Waals surface area contributed by atoms with Gasteiger partial charge in [-0.3, -0.25) is 9.36 Å². The molecule has 14 nitrogen and oxygen atoms in total. The molecule has 6 rings (SSSR count). The van der Waals surface area contributed by atoms with Gasteiger partial charge in [-0.15, -0.1) is 10.2 Å². The summed E-state index contributed by atoms with van der Waals surface area (Å²) in [6.45, 7) is -0.473. The highest BCUT2D eigenvalue weighted by Gasteiger charge is 2.52. The van der Waals surface area contributed by atoms with Crippen LogP contribution in [0.2, 0.25) is 0 Å². The first kappa shape index (κ1) is 30.0. The maximum Gasteiger partial charge on any atom is 0.338 e. The minimum absolute atomic E-state index is 0.160. The summed E-state index contributed by atoms with van der Waals surface area (Å²) in [5, 5.41) is 7.68. The van der Waals surface area contributed by atoms with Crippen molar-refractivity contribution in [3.8, 4) is 0 Å². The topological polar surface area (TPSA) is 171 Å². The largest absolute Gasteiger partial charge is 0.459 e. The summed E-state index contributed by atoms with van der Waals surface area (Å²) in [6, 6.07) is 24.2. The van der Waals surface area contributed by atoms with E-state index in [1.165, 1.54) is 31.3 Å². The van der Waals surface area contributed by atoms with Crippen LogP contribution in [-0.4, -0.2) is 67.1 Å². The summed E-state index contributed by atoms with van der Waals surface area (Å²) in [4.78, 5) is 70.1. The van der Waals surface area contributed by atoms with Crippen LogP contribution in [0, 0.1) is 0 Å². The molecule has 5 aromatic rings. The lowest BCUT2D eigenvalue weighted by Gasteiger charge is -2.25. The fourth-order valence-corrected chi connectivity index (χ4v) is 4.97. The summed E-state index contributed by atoms with van der Waals surface area (Å²) in [5.41, 5.74) is -1.54. The van der Waals surface area contributed by atoms with E-state index in [1.807, 2.05) is 0 Å². The molecule has 1 aliphatic heterocycles. The van der Waals surface area contributed by atoms with Crippen LogP contribution in [0.4, 0.5) is 0 Å².